The number of carbonyl (C=O) groups is 4. The molecule has 0 bridgehead atoms. The Balaban J connectivity index is 1.70. The van der Waals surface area contributed by atoms with Gasteiger partial charge in [0, 0.05) is 18.3 Å². The first-order valence-electron chi connectivity index (χ1n) is 9.32. The molecule has 3 amide bonds. The molecule has 1 aromatic heterocycles. The molecule has 0 saturated carbocycles. The van der Waals surface area contributed by atoms with Crippen molar-refractivity contribution >= 4 is 23.7 Å². The Morgan fingerprint density at radius 3 is 2.32 bits per heavy atom. The van der Waals surface area contributed by atoms with E-state index in [9.17, 15) is 29.4 Å². The number of hydrogen-bond donors (Lipinski definition) is 7. The molecule has 1 aromatic carbocycles. The molecule has 1 heterocycles. The van der Waals surface area contributed by atoms with E-state index in [1.807, 2.05) is 0 Å². The van der Waals surface area contributed by atoms with Gasteiger partial charge >= 0.3 is 5.97 Å². The summed E-state index contributed by atoms with van der Waals surface area (Å²) in [5.74, 6) is -3.03. The van der Waals surface area contributed by atoms with Gasteiger partial charge in [-0.2, -0.15) is 0 Å². The van der Waals surface area contributed by atoms with Crippen molar-refractivity contribution in [2.45, 2.75) is 24.9 Å². The number of carbonyl (C=O) groups excluding carboxylic acids is 3. The molecule has 2 rings (SSSR count). The Hall–Kier alpha value is -3.93. The topological polar surface area (TPSA) is 200 Å². The van der Waals surface area contributed by atoms with Crippen molar-refractivity contribution in [1.82, 2.24) is 25.9 Å². The number of aromatic nitrogens is 2. The first kappa shape index (κ1) is 23.3. The molecule has 0 saturated heterocycles. The molecule has 0 aliphatic rings. The van der Waals surface area contributed by atoms with E-state index in [2.05, 4.69) is 25.9 Å². The van der Waals surface area contributed by atoms with Crippen molar-refractivity contribution in [3.63, 3.8) is 0 Å². The number of nitrogens with one attached hydrogen (secondary N) is 4. The predicted octanol–water partition coefficient (Wildman–Crippen LogP) is -1.97. The van der Waals surface area contributed by atoms with Gasteiger partial charge in [-0.05, 0) is 24.1 Å². The number of carboxylic acids is 1. The summed E-state index contributed by atoms with van der Waals surface area (Å²) in [5.41, 5.74) is 7.07. The maximum absolute atomic E-state index is 12.0. The molecular formula is C19H24N6O6. The summed E-state index contributed by atoms with van der Waals surface area (Å²) in [5, 5.41) is 25.4. The lowest BCUT2D eigenvalue weighted by atomic mass is 10.1. The summed E-state index contributed by atoms with van der Waals surface area (Å²) in [4.78, 5) is 53.6. The number of amides is 3. The lowest BCUT2D eigenvalue weighted by Gasteiger charge is -2.15. The quantitative estimate of drug-likeness (QED) is 0.212. The van der Waals surface area contributed by atoms with E-state index in [1.165, 1.54) is 24.7 Å². The van der Waals surface area contributed by atoms with Crippen LogP contribution in [0.15, 0.2) is 36.8 Å². The van der Waals surface area contributed by atoms with Crippen LogP contribution in [0.5, 0.6) is 5.75 Å². The van der Waals surface area contributed by atoms with Crippen LogP contribution in [-0.4, -0.2) is 69.0 Å². The van der Waals surface area contributed by atoms with Gasteiger partial charge in [0.25, 0.3) is 0 Å². The molecule has 8 N–H and O–H groups in total. The standard InChI is InChI=1S/C19H24N6O6/c20-14(5-11-1-3-13(26)4-2-11)18(29)23-8-16(27)22-9-17(28)25-15(19(30)31)6-12-7-21-10-24-12/h1-4,7,10,14-15,26H,5-6,8-9,20H2,(H,21,24)(H,22,27)(H,23,29)(H,25,28)(H,30,31). The number of aliphatic carboxylic acids is 1. The lowest BCUT2D eigenvalue weighted by Crippen LogP contribution is -2.49. The Labute approximate surface area is 177 Å². The summed E-state index contributed by atoms with van der Waals surface area (Å²) < 4.78 is 0. The SMILES string of the molecule is NC(Cc1ccc(O)cc1)C(=O)NCC(=O)NCC(=O)NC(Cc1cnc[nH]1)C(=O)O. The van der Waals surface area contributed by atoms with E-state index < -0.39 is 48.9 Å². The molecule has 12 heteroatoms. The van der Waals surface area contributed by atoms with E-state index in [0.29, 0.717) is 5.69 Å². The van der Waals surface area contributed by atoms with E-state index in [-0.39, 0.29) is 18.6 Å². The summed E-state index contributed by atoms with van der Waals surface area (Å²) in [6, 6.07) is 4.11. The van der Waals surface area contributed by atoms with Gasteiger partial charge in [0.15, 0.2) is 0 Å². The molecule has 31 heavy (non-hydrogen) atoms. The zero-order valence-corrected chi connectivity index (χ0v) is 16.5. The Kier molecular flexibility index (Phi) is 8.52. The van der Waals surface area contributed by atoms with E-state index in [0.717, 1.165) is 5.56 Å². The number of nitrogens with two attached hydrogens (primary N) is 1. The van der Waals surface area contributed by atoms with Crippen LogP contribution in [0, 0.1) is 0 Å². The number of imidazole rings is 1. The molecule has 2 unspecified atom stereocenters. The van der Waals surface area contributed by atoms with Gasteiger partial charge in [-0.3, -0.25) is 14.4 Å². The second-order valence-corrected chi connectivity index (χ2v) is 6.71. The fraction of sp³-hybridized carbons (Fsp3) is 0.316. The minimum Gasteiger partial charge on any atom is -0.508 e. The summed E-state index contributed by atoms with van der Waals surface area (Å²) in [6.07, 6.45) is 3.05. The fourth-order valence-electron chi connectivity index (χ4n) is 2.58. The van der Waals surface area contributed by atoms with Gasteiger partial charge in [-0.25, -0.2) is 9.78 Å². The monoisotopic (exact) mass is 432 g/mol. The highest BCUT2D eigenvalue weighted by Gasteiger charge is 2.21. The van der Waals surface area contributed by atoms with Gasteiger partial charge in [0.05, 0.1) is 25.5 Å². The zero-order valence-electron chi connectivity index (χ0n) is 16.5. The lowest BCUT2D eigenvalue weighted by molar-refractivity contribution is -0.141. The van der Waals surface area contributed by atoms with Crippen LogP contribution in [0.3, 0.4) is 0 Å². The number of aromatic amines is 1. The van der Waals surface area contributed by atoms with Gasteiger partial charge in [0.1, 0.15) is 11.8 Å². The third-order valence-electron chi connectivity index (χ3n) is 4.21. The van der Waals surface area contributed by atoms with Crippen molar-refractivity contribution in [2.24, 2.45) is 5.73 Å². The van der Waals surface area contributed by atoms with Crippen LogP contribution in [0.1, 0.15) is 11.3 Å². The normalized spacial score (nSPS) is 12.4. The zero-order chi connectivity index (χ0) is 22.8. The minimum atomic E-state index is -1.23. The Morgan fingerprint density at radius 2 is 1.71 bits per heavy atom. The van der Waals surface area contributed by atoms with Crippen LogP contribution < -0.4 is 21.7 Å². The highest BCUT2D eigenvalue weighted by molar-refractivity contribution is 5.90. The van der Waals surface area contributed by atoms with Crippen LogP contribution in [0.4, 0.5) is 0 Å². The van der Waals surface area contributed by atoms with E-state index in [1.54, 1.807) is 12.1 Å². The van der Waals surface area contributed by atoms with Gasteiger partial charge in [0.2, 0.25) is 17.7 Å². The highest BCUT2D eigenvalue weighted by atomic mass is 16.4. The van der Waals surface area contributed by atoms with Crippen molar-refractivity contribution < 1.29 is 29.4 Å². The number of rotatable bonds is 11. The predicted molar refractivity (Wildman–Crippen MR) is 108 cm³/mol. The largest absolute Gasteiger partial charge is 0.508 e. The van der Waals surface area contributed by atoms with Crippen molar-refractivity contribution in [3.8, 4) is 5.75 Å². The van der Waals surface area contributed by atoms with Crippen molar-refractivity contribution in [3.05, 3.63) is 48.0 Å². The van der Waals surface area contributed by atoms with Gasteiger partial charge < -0.3 is 36.9 Å². The average Bonchev–Trinajstić information content (AvgIpc) is 3.24. The van der Waals surface area contributed by atoms with Crippen molar-refractivity contribution in [1.29, 1.82) is 0 Å². The second-order valence-electron chi connectivity index (χ2n) is 6.71. The molecule has 2 aromatic rings. The molecule has 166 valence electrons. The molecule has 0 aliphatic carbocycles. The summed E-state index contributed by atoms with van der Waals surface area (Å²) in [6.45, 7) is -0.854. The Bertz CT molecular complexity index is 899. The molecule has 0 spiro atoms. The van der Waals surface area contributed by atoms with Crippen LogP contribution in [0.2, 0.25) is 0 Å². The molecular weight excluding hydrogens is 408 g/mol. The fourth-order valence-corrected chi connectivity index (χ4v) is 2.58. The third kappa shape index (κ3) is 8.14. The first-order chi connectivity index (χ1) is 14.7. The maximum atomic E-state index is 12.0. The van der Waals surface area contributed by atoms with Gasteiger partial charge in [-0.15, -0.1) is 0 Å². The first-order valence-corrected chi connectivity index (χ1v) is 9.32. The number of carboxylic acid groups (broad SMARTS) is 1. The van der Waals surface area contributed by atoms with Crippen LogP contribution in [0.25, 0.3) is 0 Å². The highest BCUT2D eigenvalue weighted by Crippen LogP contribution is 2.10. The molecule has 0 radical (unpaired) electrons. The van der Waals surface area contributed by atoms with E-state index >= 15 is 0 Å². The number of benzene rings is 1. The van der Waals surface area contributed by atoms with Crippen molar-refractivity contribution in [2.75, 3.05) is 13.1 Å². The number of phenolic OH excluding ortho intramolecular Hbond substituents is 1. The Morgan fingerprint density at radius 1 is 1.03 bits per heavy atom. The second kappa shape index (κ2) is 11.3. The molecule has 12 nitrogen and oxygen atoms in total. The smallest absolute Gasteiger partial charge is 0.326 e. The summed E-state index contributed by atoms with van der Waals surface area (Å²) >= 11 is 0. The van der Waals surface area contributed by atoms with Crippen LogP contribution in [-0.2, 0) is 32.0 Å². The maximum Gasteiger partial charge on any atom is 0.326 e. The third-order valence-corrected chi connectivity index (χ3v) is 4.21. The number of hydrogen-bond acceptors (Lipinski definition) is 7. The van der Waals surface area contributed by atoms with Crippen LogP contribution >= 0.6 is 0 Å². The van der Waals surface area contributed by atoms with Gasteiger partial charge in [-0.1, -0.05) is 12.1 Å². The molecule has 0 aliphatic heterocycles. The minimum absolute atomic E-state index is 0.00397. The number of H-pyrrole nitrogens is 1. The molecule has 2 atom stereocenters. The number of phenols is 1. The van der Waals surface area contributed by atoms with E-state index in [4.69, 9.17) is 5.73 Å². The summed E-state index contributed by atoms with van der Waals surface area (Å²) in [7, 11) is 0. The number of aromatic hydroxyl groups is 1. The molecule has 0 fully saturated rings. The number of nitrogens with zero attached hydrogens (tertiary/aromatic N) is 1. The average molecular weight is 432 g/mol.